The van der Waals surface area contributed by atoms with Crippen molar-refractivity contribution in [3.8, 4) is 0 Å². The third-order valence-electron chi connectivity index (χ3n) is 2.77. The normalized spacial score (nSPS) is 14.6. The van der Waals surface area contributed by atoms with Gasteiger partial charge >= 0.3 is 0 Å². The van der Waals surface area contributed by atoms with Crippen molar-refractivity contribution in [3.05, 3.63) is 15.9 Å². The molecule has 5 heteroatoms. The highest BCUT2D eigenvalue weighted by Gasteiger charge is 2.25. The van der Waals surface area contributed by atoms with Gasteiger partial charge in [-0.25, -0.2) is 0 Å². The summed E-state index contributed by atoms with van der Waals surface area (Å²) in [5, 5.41) is 14.6. The third-order valence-corrected chi connectivity index (χ3v) is 3.68. The molecule has 0 radical (unpaired) electrons. The maximum Gasteiger partial charge on any atom is 0.122 e. The van der Waals surface area contributed by atoms with Crippen molar-refractivity contribution in [2.75, 3.05) is 0 Å². The average Bonchev–Trinajstić information content (AvgIpc) is 2.55. The van der Waals surface area contributed by atoms with Gasteiger partial charge in [-0.2, -0.15) is 5.10 Å². The Kier molecular flexibility index (Phi) is 4.89. The Morgan fingerprint density at radius 2 is 2.18 bits per heavy atom. The van der Waals surface area contributed by atoms with Gasteiger partial charge in [-0.3, -0.25) is 4.68 Å². The minimum absolute atomic E-state index is 0.135. The second-order valence-electron chi connectivity index (χ2n) is 4.42. The molecule has 1 N–H and O–H groups in total. The molecular formula is C12H19BrN2O2. The Morgan fingerprint density at radius 3 is 2.65 bits per heavy atom. The standard InChI is InChI=1S/C12H19BrN2O2/c1-4-9-11(13)10(15(5-2)14-9)8-12(3,17)6-7-16/h7,17H,4-6,8H2,1-3H3. The van der Waals surface area contributed by atoms with Crippen LogP contribution in [0.5, 0.6) is 0 Å². The lowest BCUT2D eigenvalue weighted by Gasteiger charge is -2.21. The first kappa shape index (κ1) is 14.4. The number of aldehydes is 1. The number of rotatable bonds is 6. The van der Waals surface area contributed by atoms with Crippen molar-refractivity contribution in [3.63, 3.8) is 0 Å². The van der Waals surface area contributed by atoms with Crippen LogP contribution in [-0.2, 0) is 24.2 Å². The largest absolute Gasteiger partial charge is 0.389 e. The molecule has 1 aromatic heterocycles. The number of aliphatic hydroxyl groups is 1. The molecule has 1 unspecified atom stereocenters. The maximum absolute atomic E-state index is 10.5. The monoisotopic (exact) mass is 302 g/mol. The SMILES string of the molecule is CCc1nn(CC)c(CC(C)(O)CC=O)c1Br. The molecule has 0 saturated heterocycles. The number of aryl methyl sites for hydroxylation is 2. The molecule has 0 aliphatic carbocycles. The lowest BCUT2D eigenvalue weighted by molar-refractivity contribution is -0.111. The highest BCUT2D eigenvalue weighted by atomic mass is 79.9. The highest BCUT2D eigenvalue weighted by molar-refractivity contribution is 9.10. The average molecular weight is 303 g/mol. The zero-order valence-corrected chi connectivity index (χ0v) is 12.1. The van der Waals surface area contributed by atoms with Crippen LogP contribution in [0.1, 0.15) is 38.6 Å². The molecule has 0 aliphatic heterocycles. The molecule has 96 valence electrons. The maximum atomic E-state index is 10.5. The first-order valence-corrected chi connectivity index (χ1v) is 6.64. The summed E-state index contributed by atoms with van der Waals surface area (Å²) in [4.78, 5) is 10.5. The molecule has 0 aliphatic rings. The van der Waals surface area contributed by atoms with Crippen LogP contribution >= 0.6 is 15.9 Å². The Morgan fingerprint density at radius 1 is 1.53 bits per heavy atom. The van der Waals surface area contributed by atoms with Gasteiger partial charge in [-0.15, -0.1) is 0 Å². The van der Waals surface area contributed by atoms with Crippen LogP contribution in [0.3, 0.4) is 0 Å². The quantitative estimate of drug-likeness (QED) is 0.819. The van der Waals surface area contributed by atoms with Crippen molar-refractivity contribution < 1.29 is 9.90 Å². The van der Waals surface area contributed by atoms with E-state index in [-0.39, 0.29) is 6.42 Å². The van der Waals surface area contributed by atoms with E-state index in [0.717, 1.165) is 35.1 Å². The summed E-state index contributed by atoms with van der Waals surface area (Å²) in [5.41, 5.74) is 0.933. The van der Waals surface area contributed by atoms with Crippen molar-refractivity contribution in [1.29, 1.82) is 0 Å². The molecule has 17 heavy (non-hydrogen) atoms. The van der Waals surface area contributed by atoms with E-state index < -0.39 is 5.60 Å². The van der Waals surface area contributed by atoms with E-state index in [4.69, 9.17) is 0 Å². The van der Waals surface area contributed by atoms with Crippen LogP contribution in [-0.4, -0.2) is 26.8 Å². The van der Waals surface area contributed by atoms with E-state index in [0.29, 0.717) is 6.42 Å². The van der Waals surface area contributed by atoms with Gasteiger partial charge in [0.05, 0.1) is 21.5 Å². The van der Waals surface area contributed by atoms with Gasteiger partial charge < -0.3 is 9.90 Å². The molecule has 0 amide bonds. The Hall–Kier alpha value is -0.680. The molecule has 1 rings (SSSR count). The van der Waals surface area contributed by atoms with Gasteiger partial charge in [0.25, 0.3) is 0 Å². The van der Waals surface area contributed by atoms with Gasteiger partial charge in [0.15, 0.2) is 0 Å². The van der Waals surface area contributed by atoms with Crippen molar-refractivity contribution in [2.45, 2.75) is 52.2 Å². The molecule has 0 fully saturated rings. The molecule has 1 aromatic rings. The smallest absolute Gasteiger partial charge is 0.122 e. The van der Waals surface area contributed by atoms with Gasteiger partial charge in [0.1, 0.15) is 6.29 Å². The minimum atomic E-state index is -1.01. The Labute approximate surface area is 110 Å². The Balaban J connectivity index is 3.04. The van der Waals surface area contributed by atoms with Gasteiger partial charge in [0, 0.05) is 19.4 Å². The van der Waals surface area contributed by atoms with Crippen molar-refractivity contribution >= 4 is 22.2 Å². The molecule has 1 atom stereocenters. The fraction of sp³-hybridized carbons (Fsp3) is 0.667. The number of aromatic nitrogens is 2. The zero-order valence-electron chi connectivity index (χ0n) is 10.5. The van der Waals surface area contributed by atoms with E-state index >= 15 is 0 Å². The van der Waals surface area contributed by atoms with Gasteiger partial charge in [-0.05, 0) is 36.2 Å². The number of carbonyl (C=O) groups is 1. The number of carbonyl (C=O) groups excluding carboxylic acids is 1. The fourth-order valence-electron chi connectivity index (χ4n) is 1.80. The van der Waals surface area contributed by atoms with E-state index in [9.17, 15) is 9.90 Å². The summed E-state index contributed by atoms with van der Waals surface area (Å²) in [6.07, 6.45) is 2.15. The molecular weight excluding hydrogens is 284 g/mol. The minimum Gasteiger partial charge on any atom is -0.389 e. The predicted octanol–water partition coefficient (Wildman–Crippen LogP) is 2.11. The molecule has 0 saturated carbocycles. The molecule has 0 aromatic carbocycles. The Bertz CT molecular complexity index is 399. The molecule has 1 heterocycles. The van der Waals surface area contributed by atoms with E-state index in [1.807, 2.05) is 18.5 Å². The summed E-state index contributed by atoms with van der Waals surface area (Å²) in [5.74, 6) is 0. The van der Waals surface area contributed by atoms with E-state index in [1.165, 1.54) is 0 Å². The molecule has 0 spiro atoms. The van der Waals surface area contributed by atoms with Crippen LogP contribution in [0, 0.1) is 0 Å². The number of hydrogen-bond donors (Lipinski definition) is 1. The topological polar surface area (TPSA) is 55.1 Å². The highest BCUT2D eigenvalue weighted by Crippen LogP contribution is 2.26. The second kappa shape index (κ2) is 5.78. The van der Waals surface area contributed by atoms with E-state index in [2.05, 4.69) is 21.0 Å². The summed E-state index contributed by atoms with van der Waals surface area (Å²) < 4.78 is 2.83. The third kappa shape index (κ3) is 3.39. The molecule has 0 bridgehead atoms. The van der Waals surface area contributed by atoms with Crippen LogP contribution in [0.2, 0.25) is 0 Å². The van der Waals surface area contributed by atoms with Crippen LogP contribution in [0.25, 0.3) is 0 Å². The van der Waals surface area contributed by atoms with E-state index in [1.54, 1.807) is 6.92 Å². The zero-order chi connectivity index (χ0) is 13.1. The summed E-state index contributed by atoms with van der Waals surface area (Å²) in [6, 6.07) is 0. The van der Waals surface area contributed by atoms with Gasteiger partial charge in [0.2, 0.25) is 0 Å². The summed E-state index contributed by atoms with van der Waals surface area (Å²) in [6.45, 7) is 6.48. The summed E-state index contributed by atoms with van der Waals surface area (Å²) in [7, 11) is 0. The first-order chi connectivity index (χ1) is 7.95. The number of halogens is 1. The number of nitrogens with zero attached hydrogens (tertiary/aromatic N) is 2. The first-order valence-electron chi connectivity index (χ1n) is 5.85. The van der Waals surface area contributed by atoms with Crippen molar-refractivity contribution in [1.82, 2.24) is 9.78 Å². The van der Waals surface area contributed by atoms with Crippen LogP contribution in [0.4, 0.5) is 0 Å². The predicted molar refractivity (Wildman–Crippen MR) is 70.0 cm³/mol. The van der Waals surface area contributed by atoms with Crippen LogP contribution in [0.15, 0.2) is 4.47 Å². The lowest BCUT2D eigenvalue weighted by atomic mass is 9.96. The van der Waals surface area contributed by atoms with Crippen LogP contribution < -0.4 is 0 Å². The fourth-order valence-corrected chi connectivity index (χ4v) is 2.50. The van der Waals surface area contributed by atoms with Gasteiger partial charge in [-0.1, -0.05) is 6.92 Å². The lowest BCUT2D eigenvalue weighted by Crippen LogP contribution is -2.29. The van der Waals surface area contributed by atoms with Crippen molar-refractivity contribution in [2.24, 2.45) is 0 Å². The number of hydrogen-bond acceptors (Lipinski definition) is 3. The summed E-state index contributed by atoms with van der Waals surface area (Å²) >= 11 is 3.52. The second-order valence-corrected chi connectivity index (χ2v) is 5.21. The molecule has 4 nitrogen and oxygen atoms in total.